The van der Waals surface area contributed by atoms with Gasteiger partial charge in [0.25, 0.3) is 0 Å². The van der Waals surface area contributed by atoms with Crippen LogP contribution >= 0.6 is 0 Å². The monoisotopic (exact) mass is 453 g/mol. The van der Waals surface area contributed by atoms with E-state index in [0.717, 1.165) is 34.4 Å². The van der Waals surface area contributed by atoms with Gasteiger partial charge in [0, 0.05) is 30.8 Å². The summed E-state index contributed by atoms with van der Waals surface area (Å²) < 4.78 is 46.3. The molecule has 0 aliphatic heterocycles. The molecular weight excluding hydrogens is 427 g/mol. The minimum absolute atomic E-state index is 0.0255. The Labute approximate surface area is 191 Å². The molecule has 2 aromatic heterocycles. The zero-order valence-corrected chi connectivity index (χ0v) is 18.6. The van der Waals surface area contributed by atoms with Crippen LogP contribution in [0.3, 0.4) is 0 Å². The van der Waals surface area contributed by atoms with Crippen molar-refractivity contribution < 1.29 is 17.9 Å². The van der Waals surface area contributed by atoms with Crippen molar-refractivity contribution in [3.8, 4) is 17.0 Å². The summed E-state index contributed by atoms with van der Waals surface area (Å²) in [5.41, 5.74) is 2.94. The van der Waals surface area contributed by atoms with E-state index in [1.165, 1.54) is 12.1 Å². The van der Waals surface area contributed by atoms with Crippen LogP contribution in [0.1, 0.15) is 23.9 Å². The highest BCUT2D eigenvalue weighted by atomic mass is 19.4. The first-order valence-corrected chi connectivity index (χ1v) is 10.8. The fourth-order valence-corrected chi connectivity index (χ4v) is 3.99. The van der Waals surface area contributed by atoms with Crippen LogP contribution in [0.5, 0.6) is 5.75 Å². The number of nitrogens with zero attached hydrogens (tertiary/aromatic N) is 2. The molecule has 1 N–H and O–H groups in total. The maximum Gasteiger partial charge on any atom is 0.416 e. The van der Waals surface area contributed by atoms with E-state index in [2.05, 4.69) is 9.72 Å². The second-order valence-electron chi connectivity index (χ2n) is 8.07. The molecule has 0 radical (unpaired) electrons. The quantitative estimate of drug-likeness (QED) is 0.367. The molecular formula is C26H26F3N3O. The van der Waals surface area contributed by atoms with Crippen molar-refractivity contribution in [3.63, 3.8) is 0 Å². The molecule has 0 bridgehead atoms. The molecule has 0 aliphatic rings. The summed E-state index contributed by atoms with van der Waals surface area (Å²) in [5.74, 6) is 1.69. The van der Waals surface area contributed by atoms with Gasteiger partial charge in [0.05, 0.1) is 23.9 Å². The average Bonchev–Trinajstić information content (AvgIpc) is 3.17. The number of pyridine rings is 1. The molecule has 0 fully saturated rings. The van der Waals surface area contributed by atoms with E-state index in [0.29, 0.717) is 24.9 Å². The van der Waals surface area contributed by atoms with Crippen molar-refractivity contribution in [2.24, 2.45) is 0 Å². The highest BCUT2D eigenvalue weighted by Crippen LogP contribution is 2.30. The van der Waals surface area contributed by atoms with Gasteiger partial charge in [-0.05, 0) is 49.2 Å². The number of halogens is 3. The SMILES string of the molecule is COc1cccc(-c2nc(CCNC(C)Cc3cccc(C(F)(F)F)c3)n3ccccc23)c1. The van der Waals surface area contributed by atoms with E-state index >= 15 is 0 Å². The van der Waals surface area contributed by atoms with Crippen molar-refractivity contribution in [2.75, 3.05) is 13.7 Å². The molecule has 172 valence electrons. The molecule has 7 heteroatoms. The molecule has 33 heavy (non-hydrogen) atoms. The molecule has 1 unspecified atom stereocenters. The number of alkyl halides is 3. The van der Waals surface area contributed by atoms with E-state index in [1.54, 1.807) is 13.2 Å². The molecule has 2 heterocycles. The summed E-state index contributed by atoms with van der Waals surface area (Å²) in [6.07, 6.45) is -1.13. The minimum Gasteiger partial charge on any atom is -0.497 e. The lowest BCUT2D eigenvalue weighted by Crippen LogP contribution is -2.30. The Morgan fingerprint density at radius 2 is 1.85 bits per heavy atom. The third-order valence-corrected chi connectivity index (χ3v) is 5.60. The Kier molecular flexibility index (Phi) is 6.70. The van der Waals surface area contributed by atoms with Crippen LogP contribution in [0.2, 0.25) is 0 Å². The molecule has 4 aromatic rings. The normalized spacial score (nSPS) is 12.8. The molecule has 0 amide bonds. The predicted molar refractivity (Wildman–Crippen MR) is 123 cm³/mol. The van der Waals surface area contributed by atoms with Gasteiger partial charge in [0.2, 0.25) is 0 Å². The first-order valence-electron chi connectivity index (χ1n) is 10.8. The molecule has 4 nitrogen and oxygen atoms in total. The Balaban J connectivity index is 1.45. The van der Waals surface area contributed by atoms with Crippen LogP contribution in [0.4, 0.5) is 13.2 Å². The van der Waals surface area contributed by atoms with Crippen molar-refractivity contribution in [1.29, 1.82) is 0 Å². The second-order valence-corrected chi connectivity index (χ2v) is 8.07. The van der Waals surface area contributed by atoms with Crippen molar-refractivity contribution in [2.45, 2.75) is 32.0 Å². The highest BCUT2D eigenvalue weighted by Gasteiger charge is 2.30. The van der Waals surface area contributed by atoms with Crippen LogP contribution in [0.25, 0.3) is 16.8 Å². The molecule has 2 aromatic carbocycles. The Morgan fingerprint density at radius 3 is 2.64 bits per heavy atom. The Hall–Kier alpha value is -3.32. The van der Waals surface area contributed by atoms with Crippen molar-refractivity contribution in [1.82, 2.24) is 14.7 Å². The molecule has 1 atom stereocenters. The lowest BCUT2D eigenvalue weighted by molar-refractivity contribution is -0.137. The summed E-state index contributed by atoms with van der Waals surface area (Å²) in [4.78, 5) is 4.90. The summed E-state index contributed by atoms with van der Waals surface area (Å²) in [6.45, 7) is 2.64. The van der Waals surface area contributed by atoms with E-state index < -0.39 is 11.7 Å². The lowest BCUT2D eigenvalue weighted by atomic mass is 10.0. The molecule has 0 saturated heterocycles. The van der Waals surface area contributed by atoms with E-state index in [9.17, 15) is 13.2 Å². The minimum atomic E-state index is -4.32. The van der Waals surface area contributed by atoms with Gasteiger partial charge in [-0.2, -0.15) is 13.2 Å². The third-order valence-electron chi connectivity index (χ3n) is 5.60. The first kappa shape index (κ1) is 22.9. The molecule has 0 spiro atoms. The smallest absolute Gasteiger partial charge is 0.416 e. The number of hydrogen-bond donors (Lipinski definition) is 1. The fourth-order valence-electron chi connectivity index (χ4n) is 3.99. The van der Waals surface area contributed by atoms with E-state index in [4.69, 9.17) is 9.72 Å². The zero-order chi connectivity index (χ0) is 23.4. The van der Waals surface area contributed by atoms with Crippen molar-refractivity contribution >= 4 is 5.52 Å². The van der Waals surface area contributed by atoms with Gasteiger partial charge in [-0.1, -0.05) is 36.4 Å². The van der Waals surface area contributed by atoms with E-state index in [1.807, 2.05) is 55.6 Å². The van der Waals surface area contributed by atoms with Gasteiger partial charge in [0.15, 0.2) is 0 Å². The topological polar surface area (TPSA) is 38.6 Å². The summed E-state index contributed by atoms with van der Waals surface area (Å²) >= 11 is 0. The number of nitrogens with one attached hydrogen (secondary N) is 1. The van der Waals surface area contributed by atoms with Gasteiger partial charge in [-0.3, -0.25) is 0 Å². The Morgan fingerprint density at radius 1 is 1.03 bits per heavy atom. The maximum atomic E-state index is 13.0. The summed E-state index contributed by atoms with van der Waals surface area (Å²) in [5, 5.41) is 3.42. The largest absolute Gasteiger partial charge is 0.497 e. The van der Waals surface area contributed by atoms with Gasteiger partial charge in [0.1, 0.15) is 11.6 Å². The van der Waals surface area contributed by atoms with Crippen LogP contribution in [-0.4, -0.2) is 29.1 Å². The van der Waals surface area contributed by atoms with Crippen molar-refractivity contribution in [3.05, 3.63) is 89.9 Å². The van der Waals surface area contributed by atoms with Gasteiger partial charge in [-0.15, -0.1) is 0 Å². The van der Waals surface area contributed by atoms with Crippen LogP contribution in [0.15, 0.2) is 72.9 Å². The van der Waals surface area contributed by atoms with Gasteiger partial charge >= 0.3 is 6.18 Å². The number of rotatable bonds is 8. The standard InChI is InChI=1S/C26H26F3N3O/c1-18(15-19-7-5-9-21(16-19)26(27,28)29)30-13-12-24-31-25(23-11-3-4-14-32(23)24)20-8-6-10-22(17-20)33-2/h3-11,14,16-18,30H,12-13,15H2,1-2H3. The highest BCUT2D eigenvalue weighted by molar-refractivity contribution is 5.78. The third kappa shape index (κ3) is 5.37. The summed E-state index contributed by atoms with van der Waals surface area (Å²) in [7, 11) is 1.64. The number of ether oxygens (including phenoxy) is 1. The predicted octanol–water partition coefficient (Wildman–Crippen LogP) is 5.79. The number of imidazole rings is 1. The van der Waals surface area contributed by atoms with E-state index in [-0.39, 0.29) is 6.04 Å². The maximum absolute atomic E-state index is 13.0. The zero-order valence-electron chi connectivity index (χ0n) is 18.6. The van der Waals surface area contributed by atoms with Crippen LogP contribution in [0, 0.1) is 0 Å². The molecule has 4 rings (SSSR count). The fraction of sp³-hybridized carbons (Fsp3) is 0.269. The molecule has 0 aliphatic carbocycles. The van der Waals surface area contributed by atoms with Crippen LogP contribution in [-0.2, 0) is 19.0 Å². The number of benzene rings is 2. The number of hydrogen-bond acceptors (Lipinski definition) is 3. The lowest BCUT2D eigenvalue weighted by Gasteiger charge is -2.15. The number of fused-ring (bicyclic) bond motifs is 1. The van der Waals surface area contributed by atoms with Gasteiger partial charge < -0.3 is 14.5 Å². The number of aromatic nitrogens is 2. The molecule has 0 saturated carbocycles. The average molecular weight is 454 g/mol. The van der Waals surface area contributed by atoms with Crippen LogP contribution < -0.4 is 10.1 Å². The Bertz CT molecular complexity index is 1230. The van der Waals surface area contributed by atoms with Gasteiger partial charge in [-0.25, -0.2) is 4.98 Å². The second kappa shape index (κ2) is 9.67. The summed E-state index contributed by atoms with van der Waals surface area (Å²) in [6, 6.07) is 19.4. The number of methoxy groups -OCH3 is 1. The first-order chi connectivity index (χ1) is 15.8.